The van der Waals surface area contributed by atoms with Crippen molar-refractivity contribution in [2.24, 2.45) is 0 Å². The van der Waals surface area contributed by atoms with Crippen LogP contribution in [-0.4, -0.2) is 15.3 Å². The Kier molecular flexibility index (Phi) is 4.62. The normalized spacial score (nSPS) is 11.1. The molecule has 24 heavy (non-hydrogen) atoms. The summed E-state index contributed by atoms with van der Waals surface area (Å²) in [6.45, 7) is 5.99. The molecular weight excluding hydrogens is 320 g/mol. The number of rotatable bonds is 5. The van der Waals surface area contributed by atoms with Crippen LogP contribution in [0.15, 0.2) is 35.1 Å². The molecule has 0 spiro atoms. The first kappa shape index (κ1) is 16.6. The van der Waals surface area contributed by atoms with Gasteiger partial charge in [0, 0.05) is 23.4 Å². The fraction of sp³-hybridized carbons (Fsp3) is 0.316. The van der Waals surface area contributed by atoms with Gasteiger partial charge < -0.3 is 0 Å². The van der Waals surface area contributed by atoms with Crippen molar-refractivity contribution in [3.05, 3.63) is 51.1 Å². The van der Waals surface area contributed by atoms with Gasteiger partial charge in [-0.3, -0.25) is 14.2 Å². The smallest absolute Gasteiger partial charge is 0.262 e. The Morgan fingerprint density at radius 3 is 2.75 bits per heavy atom. The van der Waals surface area contributed by atoms with E-state index in [2.05, 4.69) is 6.92 Å². The summed E-state index contributed by atoms with van der Waals surface area (Å²) in [5.74, 6) is 0.707. The standard InChI is InChI=1S/C19H20N2O2S/c1-4-15-11-16-18(24-15)20-17(14-7-5-6-12(2)10-14)21(19(16)23)9-8-13(3)22/h5-7,10-11H,4,8-9H2,1-3H3. The third kappa shape index (κ3) is 3.17. The number of benzene rings is 1. The van der Waals surface area contributed by atoms with Crippen LogP contribution in [0.5, 0.6) is 0 Å². The molecule has 4 nitrogen and oxygen atoms in total. The molecule has 2 heterocycles. The second kappa shape index (κ2) is 6.69. The molecule has 0 unspecified atom stereocenters. The van der Waals surface area contributed by atoms with E-state index in [0.717, 1.165) is 27.3 Å². The summed E-state index contributed by atoms with van der Waals surface area (Å²) < 4.78 is 1.64. The molecule has 0 saturated heterocycles. The average molecular weight is 340 g/mol. The number of nitrogens with zero attached hydrogens (tertiary/aromatic N) is 2. The molecule has 0 saturated carbocycles. The van der Waals surface area contributed by atoms with Gasteiger partial charge >= 0.3 is 0 Å². The highest BCUT2D eigenvalue weighted by atomic mass is 32.1. The lowest BCUT2D eigenvalue weighted by molar-refractivity contribution is -0.117. The van der Waals surface area contributed by atoms with Crippen molar-refractivity contribution < 1.29 is 4.79 Å². The van der Waals surface area contributed by atoms with Crippen LogP contribution in [0.1, 0.15) is 30.7 Å². The van der Waals surface area contributed by atoms with Crippen molar-refractivity contribution in [1.82, 2.24) is 9.55 Å². The number of carbonyl (C=O) groups excluding carboxylic acids is 1. The molecular formula is C19H20N2O2S. The van der Waals surface area contributed by atoms with Gasteiger partial charge in [-0.15, -0.1) is 11.3 Å². The summed E-state index contributed by atoms with van der Waals surface area (Å²) in [4.78, 5) is 31.1. The zero-order valence-electron chi connectivity index (χ0n) is 14.1. The van der Waals surface area contributed by atoms with Gasteiger partial charge in [-0.25, -0.2) is 4.98 Å². The minimum atomic E-state index is -0.0614. The van der Waals surface area contributed by atoms with E-state index in [1.54, 1.807) is 22.8 Å². The maximum Gasteiger partial charge on any atom is 0.262 e. The predicted octanol–water partition coefficient (Wildman–Crippen LogP) is 3.97. The predicted molar refractivity (Wildman–Crippen MR) is 98.7 cm³/mol. The van der Waals surface area contributed by atoms with E-state index in [-0.39, 0.29) is 11.3 Å². The van der Waals surface area contributed by atoms with E-state index in [1.807, 2.05) is 37.3 Å². The van der Waals surface area contributed by atoms with Crippen molar-refractivity contribution >= 4 is 27.3 Å². The number of hydrogen-bond donors (Lipinski definition) is 0. The Morgan fingerprint density at radius 2 is 2.08 bits per heavy atom. The third-order valence-corrected chi connectivity index (χ3v) is 5.19. The monoisotopic (exact) mass is 340 g/mol. The molecule has 0 radical (unpaired) electrons. The van der Waals surface area contributed by atoms with Crippen molar-refractivity contribution in [3.8, 4) is 11.4 Å². The number of aromatic nitrogens is 2. The molecule has 0 aliphatic heterocycles. The molecule has 2 aromatic heterocycles. The van der Waals surface area contributed by atoms with Gasteiger partial charge in [-0.2, -0.15) is 0 Å². The number of ketones is 1. The molecule has 0 atom stereocenters. The Labute approximate surface area is 144 Å². The molecule has 0 fully saturated rings. The maximum absolute atomic E-state index is 13.0. The molecule has 0 aliphatic carbocycles. The Morgan fingerprint density at radius 1 is 1.29 bits per heavy atom. The van der Waals surface area contributed by atoms with Crippen LogP contribution < -0.4 is 5.56 Å². The lowest BCUT2D eigenvalue weighted by atomic mass is 10.1. The molecule has 3 aromatic rings. The largest absolute Gasteiger partial charge is 0.300 e. The Bertz CT molecular complexity index is 969. The topological polar surface area (TPSA) is 52.0 Å². The molecule has 124 valence electrons. The summed E-state index contributed by atoms with van der Waals surface area (Å²) in [6, 6.07) is 9.88. The van der Waals surface area contributed by atoms with Gasteiger partial charge in [0.1, 0.15) is 16.4 Å². The quantitative estimate of drug-likeness (QED) is 0.706. The minimum Gasteiger partial charge on any atom is -0.300 e. The van der Waals surface area contributed by atoms with Gasteiger partial charge in [0.15, 0.2) is 0 Å². The van der Waals surface area contributed by atoms with Crippen molar-refractivity contribution in [2.75, 3.05) is 0 Å². The van der Waals surface area contributed by atoms with Crippen LogP contribution >= 0.6 is 11.3 Å². The zero-order valence-corrected chi connectivity index (χ0v) is 14.9. The van der Waals surface area contributed by atoms with Crippen LogP contribution in [0.25, 0.3) is 21.6 Å². The SMILES string of the molecule is CCc1cc2c(=O)n(CCC(C)=O)c(-c3cccc(C)c3)nc2s1. The number of Topliss-reactive ketones (excluding diaryl/α,β-unsaturated/α-hetero) is 1. The summed E-state index contributed by atoms with van der Waals surface area (Å²) in [5.41, 5.74) is 1.96. The molecule has 3 rings (SSSR count). The highest BCUT2D eigenvalue weighted by molar-refractivity contribution is 7.18. The Balaban J connectivity index is 2.26. The molecule has 5 heteroatoms. The summed E-state index contributed by atoms with van der Waals surface area (Å²) in [5, 5.41) is 0.650. The van der Waals surface area contributed by atoms with E-state index < -0.39 is 0 Å². The van der Waals surface area contributed by atoms with E-state index >= 15 is 0 Å². The van der Waals surface area contributed by atoms with Crippen LogP contribution in [0.3, 0.4) is 0 Å². The lowest BCUT2D eigenvalue weighted by Crippen LogP contribution is -2.24. The first-order chi connectivity index (χ1) is 11.5. The fourth-order valence-corrected chi connectivity index (χ4v) is 3.68. The van der Waals surface area contributed by atoms with Crippen molar-refractivity contribution in [3.63, 3.8) is 0 Å². The molecule has 0 aliphatic rings. The summed E-state index contributed by atoms with van der Waals surface area (Å²) in [6.07, 6.45) is 1.21. The number of aryl methyl sites for hydroxylation is 2. The summed E-state index contributed by atoms with van der Waals surface area (Å²) >= 11 is 1.57. The highest BCUT2D eigenvalue weighted by Gasteiger charge is 2.15. The van der Waals surface area contributed by atoms with Crippen LogP contribution in [0.4, 0.5) is 0 Å². The number of carbonyl (C=O) groups is 1. The number of fused-ring (bicyclic) bond motifs is 1. The first-order valence-electron chi connectivity index (χ1n) is 8.09. The molecule has 1 aromatic carbocycles. The van der Waals surface area contributed by atoms with Gasteiger partial charge in [0.2, 0.25) is 0 Å². The Hall–Kier alpha value is -2.27. The van der Waals surface area contributed by atoms with Gasteiger partial charge in [-0.1, -0.05) is 30.7 Å². The fourth-order valence-electron chi connectivity index (χ4n) is 2.72. The number of thiophene rings is 1. The second-order valence-corrected chi connectivity index (χ2v) is 7.11. The summed E-state index contributed by atoms with van der Waals surface area (Å²) in [7, 11) is 0. The van der Waals surface area contributed by atoms with E-state index in [9.17, 15) is 9.59 Å². The van der Waals surface area contributed by atoms with Gasteiger partial charge in [0.05, 0.1) is 5.39 Å². The van der Waals surface area contributed by atoms with Crippen LogP contribution in [-0.2, 0) is 17.8 Å². The van der Waals surface area contributed by atoms with Crippen LogP contribution in [0.2, 0.25) is 0 Å². The lowest BCUT2D eigenvalue weighted by Gasteiger charge is -2.12. The highest BCUT2D eigenvalue weighted by Crippen LogP contribution is 2.26. The molecule has 0 bridgehead atoms. The zero-order chi connectivity index (χ0) is 17.3. The van der Waals surface area contributed by atoms with E-state index in [1.165, 1.54) is 0 Å². The minimum absolute atomic E-state index is 0.0614. The molecule has 0 N–H and O–H groups in total. The number of hydrogen-bond acceptors (Lipinski definition) is 4. The second-order valence-electron chi connectivity index (χ2n) is 6.00. The maximum atomic E-state index is 13.0. The molecule has 0 amide bonds. The average Bonchev–Trinajstić information content (AvgIpc) is 2.97. The van der Waals surface area contributed by atoms with Crippen molar-refractivity contribution in [2.45, 2.75) is 40.2 Å². The third-order valence-electron chi connectivity index (χ3n) is 4.01. The van der Waals surface area contributed by atoms with Gasteiger partial charge in [-0.05, 0) is 32.4 Å². The van der Waals surface area contributed by atoms with Gasteiger partial charge in [0.25, 0.3) is 5.56 Å². The van der Waals surface area contributed by atoms with Crippen molar-refractivity contribution in [1.29, 1.82) is 0 Å². The first-order valence-corrected chi connectivity index (χ1v) is 8.91. The van der Waals surface area contributed by atoms with E-state index in [0.29, 0.717) is 24.2 Å². The van der Waals surface area contributed by atoms with E-state index in [4.69, 9.17) is 4.98 Å². The van der Waals surface area contributed by atoms with Crippen LogP contribution in [0, 0.1) is 6.92 Å².